The summed E-state index contributed by atoms with van der Waals surface area (Å²) in [5.74, 6) is 5.96. The topological polar surface area (TPSA) is 127 Å². The predicted octanol–water partition coefficient (Wildman–Crippen LogP) is -1.00. The second-order valence-electron chi connectivity index (χ2n) is 5.01. The third-order valence-corrected chi connectivity index (χ3v) is 3.69. The molecule has 0 aliphatic carbocycles. The van der Waals surface area contributed by atoms with Crippen molar-refractivity contribution >= 4 is 16.9 Å². The standard InChI is InChI=1S/C14H16N4O4/c1-2-3-7-4-18(13-9(7)12(15)16-6-17-13)14-11(21)10(20)8(5-19)22-14/h4,6,8,10-11,14,19-21H,5H2,1H3,(H2,15,16,17)/t8-,10-,11-,14-/m1/s1. The zero-order valence-corrected chi connectivity index (χ0v) is 11.8. The van der Waals surface area contributed by atoms with Gasteiger partial charge in [-0.2, -0.15) is 0 Å². The van der Waals surface area contributed by atoms with Crippen LogP contribution in [0.25, 0.3) is 11.0 Å². The molecule has 3 rings (SSSR count). The highest BCUT2D eigenvalue weighted by Crippen LogP contribution is 2.34. The Bertz CT molecular complexity index is 763. The van der Waals surface area contributed by atoms with E-state index in [1.807, 2.05) is 0 Å². The van der Waals surface area contributed by atoms with Crippen molar-refractivity contribution < 1.29 is 20.1 Å². The first-order chi connectivity index (χ1) is 10.6. The lowest BCUT2D eigenvalue weighted by Crippen LogP contribution is -2.33. The maximum atomic E-state index is 10.2. The second-order valence-corrected chi connectivity index (χ2v) is 5.01. The zero-order valence-electron chi connectivity index (χ0n) is 11.8. The van der Waals surface area contributed by atoms with E-state index in [0.29, 0.717) is 16.6 Å². The van der Waals surface area contributed by atoms with Crippen molar-refractivity contribution in [2.75, 3.05) is 12.3 Å². The van der Waals surface area contributed by atoms with E-state index in [0.717, 1.165) is 0 Å². The average Bonchev–Trinajstić information content (AvgIpc) is 3.00. The molecule has 22 heavy (non-hydrogen) atoms. The van der Waals surface area contributed by atoms with Crippen LogP contribution >= 0.6 is 0 Å². The van der Waals surface area contributed by atoms with Crippen molar-refractivity contribution in [1.29, 1.82) is 0 Å². The summed E-state index contributed by atoms with van der Waals surface area (Å²) in [6, 6.07) is 0. The number of fused-ring (bicyclic) bond motifs is 1. The van der Waals surface area contributed by atoms with E-state index in [2.05, 4.69) is 21.8 Å². The Balaban J connectivity index is 2.15. The van der Waals surface area contributed by atoms with Crippen molar-refractivity contribution in [1.82, 2.24) is 14.5 Å². The summed E-state index contributed by atoms with van der Waals surface area (Å²) in [5, 5.41) is 29.8. The quantitative estimate of drug-likeness (QED) is 0.524. The smallest absolute Gasteiger partial charge is 0.164 e. The van der Waals surface area contributed by atoms with E-state index < -0.39 is 31.1 Å². The van der Waals surface area contributed by atoms with E-state index in [1.165, 1.54) is 6.33 Å². The van der Waals surface area contributed by atoms with Gasteiger partial charge in [0.05, 0.1) is 17.6 Å². The van der Waals surface area contributed by atoms with Crippen molar-refractivity contribution in [2.24, 2.45) is 0 Å². The van der Waals surface area contributed by atoms with Gasteiger partial charge in [-0.05, 0) is 6.92 Å². The lowest BCUT2D eigenvalue weighted by molar-refractivity contribution is -0.0508. The van der Waals surface area contributed by atoms with Gasteiger partial charge in [-0.1, -0.05) is 5.92 Å². The summed E-state index contributed by atoms with van der Waals surface area (Å²) in [5.41, 5.74) is 6.94. The fraction of sp³-hybridized carbons (Fsp3) is 0.429. The molecular weight excluding hydrogens is 288 g/mol. The molecule has 1 aliphatic rings. The van der Waals surface area contributed by atoms with E-state index >= 15 is 0 Å². The molecule has 0 unspecified atom stereocenters. The Hall–Kier alpha value is -2.18. The summed E-state index contributed by atoms with van der Waals surface area (Å²) in [7, 11) is 0. The van der Waals surface area contributed by atoms with Gasteiger partial charge in [-0.25, -0.2) is 9.97 Å². The number of nitrogen functional groups attached to an aromatic ring is 1. The molecule has 5 N–H and O–H groups in total. The van der Waals surface area contributed by atoms with Gasteiger partial charge in [0.2, 0.25) is 0 Å². The van der Waals surface area contributed by atoms with Gasteiger partial charge in [-0.3, -0.25) is 0 Å². The Kier molecular flexibility index (Phi) is 3.72. The minimum absolute atomic E-state index is 0.272. The fourth-order valence-electron chi connectivity index (χ4n) is 2.64. The molecular formula is C14H16N4O4. The van der Waals surface area contributed by atoms with Crippen LogP contribution in [-0.2, 0) is 4.74 Å². The van der Waals surface area contributed by atoms with Gasteiger partial charge in [0.25, 0.3) is 0 Å². The van der Waals surface area contributed by atoms with Gasteiger partial charge >= 0.3 is 0 Å². The monoisotopic (exact) mass is 304 g/mol. The first-order valence-electron chi connectivity index (χ1n) is 6.74. The fourth-order valence-corrected chi connectivity index (χ4v) is 2.64. The highest BCUT2D eigenvalue weighted by molar-refractivity contribution is 5.92. The van der Waals surface area contributed by atoms with Crippen LogP contribution in [0.1, 0.15) is 18.7 Å². The van der Waals surface area contributed by atoms with E-state index in [4.69, 9.17) is 10.5 Å². The van der Waals surface area contributed by atoms with Crippen molar-refractivity contribution in [2.45, 2.75) is 31.5 Å². The van der Waals surface area contributed by atoms with Crippen molar-refractivity contribution in [3.63, 3.8) is 0 Å². The number of nitrogens with two attached hydrogens (primary N) is 1. The molecule has 0 saturated carbocycles. The molecule has 0 amide bonds. The predicted molar refractivity (Wildman–Crippen MR) is 77.5 cm³/mol. The largest absolute Gasteiger partial charge is 0.394 e. The molecule has 116 valence electrons. The Labute approximate surface area is 126 Å². The number of rotatable bonds is 2. The molecule has 3 heterocycles. The molecule has 8 heteroatoms. The summed E-state index contributed by atoms with van der Waals surface area (Å²) in [6.45, 7) is 1.29. The average molecular weight is 304 g/mol. The van der Waals surface area contributed by atoms with Crippen LogP contribution in [0.4, 0.5) is 5.82 Å². The van der Waals surface area contributed by atoms with Crippen LogP contribution in [0.5, 0.6) is 0 Å². The number of hydrogen-bond donors (Lipinski definition) is 4. The van der Waals surface area contributed by atoms with E-state index in [1.54, 1.807) is 17.7 Å². The summed E-state index contributed by atoms with van der Waals surface area (Å²) >= 11 is 0. The Morgan fingerprint density at radius 3 is 2.77 bits per heavy atom. The third-order valence-electron chi connectivity index (χ3n) is 3.69. The van der Waals surface area contributed by atoms with Crippen LogP contribution in [0, 0.1) is 11.8 Å². The van der Waals surface area contributed by atoms with Gasteiger partial charge in [0.1, 0.15) is 36.1 Å². The van der Waals surface area contributed by atoms with Gasteiger partial charge < -0.3 is 30.4 Å². The molecule has 1 fully saturated rings. The summed E-state index contributed by atoms with van der Waals surface area (Å²) in [4.78, 5) is 8.12. The van der Waals surface area contributed by atoms with Crippen LogP contribution in [0.3, 0.4) is 0 Å². The maximum Gasteiger partial charge on any atom is 0.164 e. The first-order valence-corrected chi connectivity index (χ1v) is 6.74. The van der Waals surface area contributed by atoms with Gasteiger partial charge in [-0.15, -0.1) is 5.92 Å². The summed E-state index contributed by atoms with van der Waals surface area (Å²) < 4.78 is 7.08. The lowest BCUT2D eigenvalue weighted by atomic mass is 10.1. The van der Waals surface area contributed by atoms with Crippen LogP contribution in [0.15, 0.2) is 12.5 Å². The minimum atomic E-state index is -1.20. The Morgan fingerprint density at radius 1 is 1.36 bits per heavy atom. The highest BCUT2D eigenvalue weighted by Gasteiger charge is 2.44. The van der Waals surface area contributed by atoms with Crippen molar-refractivity contribution in [3.8, 4) is 11.8 Å². The molecule has 4 atom stereocenters. The van der Waals surface area contributed by atoms with Crippen LogP contribution in [-0.4, -0.2) is 54.8 Å². The van der Waals surface area contributed by atoms with E-state index in [9.17, 15) is 15.3 Å². The number of nitrogens with zero attached hydrogens (tertiary/aromatic N) is 3. The minimum Gasteiger partial charge on any atom is -0.394 e. The van der Waals surface area contributed by atoms with Gasteiger partial charge in [0.15, 0.2) is 6.23 Å². The molecule has 0 radical (unpaired) electrons. The molecule has 1 aliphatic heterocycles. The first kappa shape index (κ1) is 14.7. The number of aromatic nitrogens is 3. The molecule has 2 aromatic rings. The number of anilines is 1. The molecule has 0 spiro atoms. The lowest BCUT2D eigenvalue weighted by Gasteiger charge is -2.17. The highest BCUT2D eigenvalue weighted by atomic mass is 16.6. The van der Waals surface area contributed by atoms with Crippen molar-refractivity contribution in [3.05, 3.63) is 18.1 Å². The molecule has 8 nitrogen and oxygen atoms in total. The molecule has 1 saturated heterocycles. The van der Waals surface area contributed by atoms with Gasteiger partial charge in [0, 0.05) is 6.20 Å². The zero-order chi connectivity index (χ0) is 15.9. The Morgan fingerprint density at radius 2 is 2.14 bits per heavy atom. The number of aliphatic hydroxyl groups excluding tert-OH is 3. The van der Waals surface area contributed by atoms with E-state index in [-0.39, 0.29) is 5.82 Å². The molecule has 0 bridgehead atoms. The SMILES string of the molecule is CC#Cc1cn([C@@H]2O[C@H](CO)[C@@H](O)[C@H]2O)c2ncnc(N)c12. The number of hydrogen-bond acceptors (Lipinski definition) is 7. The second kappa shape index (κ2) is 5.55. The molecule has 0 aromatic carbocycles. The van der Waals surface area contributed by atoms with Crippen LogP contribution in [0.2, 0.25) is 0 Å². The maximum absolute atomic E-state index is 10.2. The summed E-state index contributed by atoms with van der Waals surface area (Å²) in [6.07, 6.45) is -1.20. The number of ether oxygens (including phenoxy) is 1. The molecule has 2 aromatic heterocycles. The third kappa shape index (κ3) is 2.12. The number of aliphatic hydroxyl groups is 3. The van der Waals surface area contributed by atoms with Crippen LogP contribution < -0.4 is 5.73 Å². The normalized spacial score (nSPS) is 27.8.